The maximum atomic E-state index is 12.7. The van der Waals surface area contributed by atoms with Crippen LogP contribution >= 0.6 is 0 Å². The SMILES string of the molecule is CCOC(=O)c1cc(C#N)c(N2CCC(C(=O)NS(=O)(=O)CC3CCCC3)CC2)nc1CN1CCCC1=O. The van der Waals surface area contributed by atoms with Crippen molar-refractivity contribution in [2.24, 2.45) is 11.8 Å². The van der Waals surface area contributed by atoms with Crippen molar-refractivity contribution in [1.29, 1.82) is 5.26 Å². The zero-order chi connectivity index (χ0) is 27.3. The van der Waals surface area contributed by atoms with E-state index in [1.807, 2.05) is 4.90 Å². The van der Waals surface area contributed by atoms with Crippen molar-refractivity contribution >= 4 is 33.6 Å². The third-order valence-electron chi connectivity index (χ3n) is 7.56. The number of nitrogens with zero attached hydrogens (tertiary/aromatic N) is 4. The number of nitriles is 1. The van der Waals surface area contributed by atoms with Gasteiger partial charge in [0, 0.05) is 32.0 Å². The highest BCUT2D eigenvalue weighted by atomic mass is 32.2. The Balaban J connectivity index is 1.47. The molecule has 0 unspecified atom stereocenters. The van der Waals surface area contributed by atoms with E-state index in [4.69, 9.17) is 4.74 Å². The molecule has 1 aromatic heterocycles. The van der Waals surface area contributed by atoms with Crippen LogP contribution < -0.4 is 9.62 Å². The van der Waals surface area contributed by atoms with E-state index < -0.39 is 27.8 Å². The van der Waals surface area contributed by atoms with Crippen LogP contribution in [0.15, 0.2) is 6.07 Å². The first-order valence-electron chi connectivity index (χ1n) is 13.4. The number of hydrogen-bond acceptors (Lipinski definition) is 9. The molecule has 0 aromatic carbocycles. The lowest BCUT2D eigenvalue weighted by Crippen LogP contribution is -2.44. The fourth-order valence-corrected chi connectivity index (χ4v) is 7.05. The number of nitrogens with one attached hydrogen (secondary N) is 1. The quantitative estimate of drug-likeness (QED) is 0.460. The molecule has 11 nitrogen and oxygen atoms in total. The van der Waals surface area contributed by atoms with E-state index in [2.05, 4.69) is 15.8 Å². The van der Waals surface area contributed by atoms with Crippen LogP contribution in [0.4, 0.5) is 5.82 Å². The number of carbonyl (C=O) groups is 3. The molecule has 3 heterocycles. The summed E-state index contributed by atoms with van der Waals surface area (Å²) in [4.78, 5) is 45.8. The number of amides is 2. The van der Waals surface area contributed by atoms with E-state index in [0.29, 0.717) is 50.4 Å². The van der Waals surface area contributed by atoms with E-state index in [0.717, 1.165) is 32.1 Å². The van der Waals surface area contributed by atoms with Crippen LogP contribution in [0, 0.1) is 23.2 Å². The Morgan fingerprint density at radius 2 is 1.87 bits per heavy atom. The standard InChI is InChI=1S/C26H35N5O6S/c1-2-37-26(34)21-14-20(15-27)24(28-22(21)16-31-11-5-8-23(31)32)30-12-9-19(10-13-30)25(33)29-38(35,36)17-18-6-3-4-7-18/h14,18-19H,2-13,16-17H2,1H3,(H,29,33). The third kappa shape index (κ3) is 6.62. The molecule has 2 aliphatic heterocycles. The first-order valence-corrected chi connectivity index (χ1v) is 15.0. The molecule has 0 bridgehead atoms. The number of carbonyl (C=O) groups excluding carboxylic acids is 3. The molecule has 1 aliphatic carbocycles. The first-order chi connectivity index (χ1) is 18.2. The normalized spacial score (nSPS) is 19.0. The Labute approximate surface area is 223 Å². The molecule has 3 aliphatic rings. The van der Waals surface area contributed by atoms with Crippen LogP contribution in [-0.4, -0.2) is 68.1 Å². The zero-order valence-corrected chi connectivity index (χ0v) is 22.6. The molecule has 206 valence electrons. The number of ether oxygens (including phenoxy) is 1. The summed E-state index contributed by atoms with van der Waals surface area (Å²) in [6.07, 6.45) is 5.81. The molecule has 0 atom stereocenters. The number of sulfonamides is 1. The third-order valence-corrected chi connectivity index (χ3v) is 8.98. The Morgan fingerprint density at radius 3 is 2.47 bits per heavy atom. The molecule has 3 fully saturated rings. The van der Waals surface area contributed by atoms with Crippen molar-refractivity contribution in [1.82, 2.24) is 14.6 Å². The monoisotopic (exact) mass is 545 g/mol. The largest absolute Gasteiger partial charge is 0.462 e. The van der Waals surface area contributed by atoms with Gasteiger partial charge in [0.25, 0.3) is 0 Å². The molecule has 1 aromatic rings. The van der Waals surface area contributed by atoms with Gasteiger partial charge in [0.15, 0.2) is 0 Å². The lowest BCUT2D eigenvalue weighted by molar-refractivity contribution is -0.128. The highest BCUT2D eigenvalue weighted by molar-refractivity contribution is 7.90. The van der Waals surface area contributed by atoms with Gasteiger partial charge in [0.2, 0.25) is 21.8 Å². The van der Waals surface area contributed by atoms with Gasteiger partial charge in [-0.2, -0.15) is 5.26 Å². The van der Waals surface area contributed by atoms with Crippen LogP contribution in [0.1, 0.15) is 79.9 Å². The molecule has 2 amide bonds. The van der Waals surface area contributed by atoms with Crippen LogP contribution in [-0.2, 0) is 30.9 Å². The molecule has 4 rings (SSSR count). The number of hydrogen-bond donors (Lipinski definition) is 1. The summed E-state index contributed by atoms with van der Waals surface area (Å²) in [5.41, 5.74) is 0.728. The van der Waals surface area contributed by atoms with E-state index in [1.165, 1.54) is 6.07 Å². The van der Waals surface area contributed by atoms with Gasteiger partial charge >= 0.3 is 5.97 Å². The summed E-state index contributed by atoms with van der Waals surface area (Å²) in [6.45, 7) is 3.35. The second-order valence-electron chi connectivity index (χ2n) is 10.3. The Bertz CT molecular complexity index is 1210. The number of anilines is 1. The molecule has 0 spiro atoms. The van der Waals surface area contributed by atoms with Crippen LogP contribution in [0.5, 0.6) is 0 Å². The topological polar surface area (TPSA) is 150 Å². The van der Waals surface area contributed by atoms with Crippen LogP contribution in [0.2, 0.25) is 0 Å². The molecule has 1 saturated carbocycles. The highest BCUT2D eigenvalue weighted by Crippen LogP contribution is 2.29. The van der Waals surface area contributed by atoms with E-state index in [1.54, 1.807) is 11.8 Å². The molecule has 0 radical (unpaired) electrons. The Kier molecular flexibility index (Phi) is 8.87. The van der Waals surface area contributed by atoms with Gasteiger partial charge < -0.3 is 14.5 Å². The number of likely N-dealkylation sites (tertiary alicyclic amines) is 1. The van der Waals surface area contributed by atoms with Gasteiger partial charge in [-0.1, -0.05) is 12.8 Å². The number of esters is 1. The summed E-state index contributed by atoms with van der Waals surface area (Å²) in [6, 6.07) is 3.57. The second kappa shape index (κ2) is 12.1. The average molecular weight is 546 g/mol. The van der Waals surface area contributed by atoms with Crippen molar-refractivity contribution in [2.45, 2.75) is 64.8 Å². The van der Waals surface area contributed by atoms with Gasteiger partial charge in [-0.15, -0.1) is 0 Å². The predicted octanol–water partition coefficient (Wildman–Crippen LogP) is 2.10. The van der Waals surface area contributed by atoms with Crippen molar-refractivity contribution < 1.29 is 27.5 Å². The number of rotatable bonds is 9. The van der Waals surface area contributed by atoms with Crippen molar-refractivity contribution in [2.75, 3.05) is 36.9 Å². The van der Waals surface area contributed by atoms with E-state index in [-0.39, 0.29) is 41.9 Å². The average Bonchev–Trinajstić information content (AvgIpc) is 3.54. The van der Waals surface area contributed by atoms with Gasteiger partial charge in [-0.25, -0.2) is 18.2 Å². The van der Waals surface area contributed by atoms with Crippen molar-refractivity contribution in [3.63, 3.8) is 0 Å². The molecule has 38 heavy (non-hydrogen) atoms. The lowest BCUT2D eigenvalue weighted by Gasteiger charge is -2.33. The van der Waals surface area contributed by atoms with Crippen molar-refractivity contribution in [3.05, 3.63) is 22.9 Å². The maximum absolute atomic E-state index is 12.7. The summed E-state index contributed by atoms with van der Waals surface area (Å²) in [5.74, 6) is -1.07. The second-order valence-corrected chi connectivity index (χ2v) is 12.0. The van der Waals surface area contributed by atoms with Crippen LogP contribution in [0.3, 0.4) is 0 Å². The number of piperidine rings is 1. The minimum atomic E-state index is -3.67. The fraction of sp³-hybridized carbons (Fsp3) is 0.654. The Morgan fingerprint density at radius 1 is 1.16 bits per heavy atom. The first kappa shape index (κ1) is 27.8. The number of aromatic nitrogens is 1. The summed E-state index contributed by atoms with van der Waals surface area (Å²) in [7, 11) is -3.67. The fourth-order valence-electron chi connectivity index (χ4n) is 5.54. The van der Waals surface area contributed by atoms with Gasteiger partial charge in [0.05, 0.1) is 35.7 Å². The van der Waals surface area contributed by atoms with E-state index >= 15 is 0 Å². The zero-order valence-electron chi connectivity index (χ0n) is 21.8. The minimum Gasteiger partial charge on any atom is -0.462 e. The summed E-state index contributed by atoms with van der Waals surface area (Å²) < 4.78 is 32.4. The summed E-state index contributed by atoms with van der Waals surface area (Å²) >= 11 is 0. The van der Waals surface area contributed by atoms with Gasteiger partial charge in [-0.3, -0.25) is 14.3 Å². The molecule has 1 N–H and O–H groups in total. The molecule has 12 heteroatoms. The predicted molar refractivity (Wildman–Crippen MR) is 138 cm³/mol. The lowest BCUT2D eigenvalue weighted by atomic mass is 9.96. The van der Waals surface area contributed by atoms with E-state index in [9.17, 15) is 28.1 Å². The molecule has 2 saturated heterocycles. The van der Waals surface area contributed by atoms with Crippen molar-refractivity contribution in [3.8, 4) is 6.07 Å². The summed E-state index contributed by atoms with van der Waals surface area (Å²) in [5, 5.41) is 9.82. The molecular formula is C26H35N5O6S. The number of pyridine rings is 1. The maximum Gasteiger partial charge on any atom is 0.340 e. The Hall–Kier alpha value is -3.20. The highest BCUT2D eigenvalue weighted by Gasteiger charge is 2.32. The van der Waals surface area contributed by atoms with Gasteiger partial charge in [-0.05, 0) is 51.0 Å². The molecular weight excluding hydrogens is 510 g/mol. The smallest absolute Gasteiger partial charge is 0.340 e. The van der Waals surface area contributed by atoms with Crippen LogP contribution in [0.25, 0.3) is 0 Å². The van der Waals surface area contributed by atoms with Gasteiger partial charge in [0.1, 0.15) is 11.9 Å². The minimum absolute atomic E-state index is 0.0118.